The molecule has 0 spiro atoms. The lowest BCUT2D eigenvalue weighted by atomic mass is 10.1. The monoisotopic (exact) mass is 274 g/mol. The van der Waals surface area contributed by atoms with Crippen LogP contribution in [0.3, 0.4) is 0 Å². The van der Waals surface area contributed by atoms with Gasteiger partial charge in [-0.2, -0.15) is 0 Å². The van der Waals surface area contributed by atoms with Crippen molar-refractivity contribution in [2.24, 2.45) is 0 Å². The average Bonchev–Trinajstić information content (AvgIpc) is 2.79. The van der Waals surface area contributed by atoms with Crippen molar-refractivity contribution in [1.82, 2.24) is 4.57 Å². The van der Waals surface area contributed by atoms with Gasteiger partial charge in [-0.25, -0.2) is 0 Å². The molecule has 0 N–H and O–H groups in total. The van der Waals surface area contributed by atoms with Crippen molar-refractivity contribution in [1.29, 1.82) is 0 Å². The lowest BCUT2D eigenvalue weighted by Crippen LogP contribution is -2.11. The number of aromatic nitrogens is 1. The van der Waals surface area contributed by atoms with Crippen LogP contribution in [0.1, 0.15) is 58.2 Å². The van der Waals surface area contributed by atoms with Crippen molar-refractivity contribution in [2.45, 2.75) is 52.5 Å². The second-order valence-corrected chi connectivity index (χ2v) is 5.56. The van der Waals surface area contributed by atoms with Gasteiger partial charge in [-0.05, 0) is 30.9 Å². The van der Waals surface area contributed by atoms with Crippen LogP contribution in [0.15, 0.2) is 24.3 Å². The van der Waals surface area contributed by atoms with Gasteiger partial charge >= 0.3 is 0 Å². The molecule has 0 aliphatic carbocycles. The standard InChI is InChI=1S/C16H22N2O2/c1-5-13(6-2)17-15-8-7-14(18(19)20)9-12(15)10-16(17)11(3)4/h7-11,13H,5-6H2,1-4H3. The molecule has 20 heavy (non-hydrogen) atoms. The Balaban J connectivity index is 2.69. The largest absolute Gasteiger partial charge is 0.341 e. The molecule has 0 radical (unpaired) electrons. The first kappa shape index (κ1) is 14.6. The minimum Gasteiger partial charge on any atom is -0.341 e. The summed E-state index contributed by atoms with van der Waals surface area (Å²) in [6.07, 6.45) is 2.13. The molecule has 0 atom stereocenters. The van der Waals surface area contributed by atoms with Gasteiger partial charge < -0.3 is 4.57 Å². The Kier molecular flexibility index (Phi) is 4.12. The highest BCUT2D eigenvalue weighted by Crippen LogP contribution is 2.33. The van der Waals surface area contributed by atoms with Crippen LogP contribution in [0.4, 0.5) is 5.69 Å². The fourth-order valence-electron chi connectivity index (χ4n) is 2.86. The minimum atomic E-state index is -0.330. The highest BCUT2D eigenvalue weighted by molar-refractivity contribution is 5.84. The van der Waals surface area contributed by atoms with Crippen molar-refractivity contribution in [3.63, 3.8) is 0 Å². The second-order valence-electron chi connectivity index (χ2n) is 5.56. The van der Waals surface area contributed by atoms with Crippen LogP contribution in [0.25, 0.3) is 10.9 Å². The molecule has 0 fully saturated rings. The number of fused-ring (bicyclic) bond motifs is 1. The Morgan fingerprint density at radius 1 is 1.20 bits per heavy atom. The Hall–Kier alpha value is -1.84. The van der Waals surface area contributed by atoms with E-state index in [0.717, 1.165) is 23.7 Å². The topological polar surface area (TPSA) is 48.1 Å². The number of hydrogen-bond donors (Lipinski definition) is 0. The van der Waals surface area contributed by atoms with Gasteiger partial charge in [0, 0.05) is 34.8 Å². The third-order valence-corrected chi connectivity index (χ3v) is 3.96. The van der Waals surface area contributed by atoms with Gasteiger partial charge in [0.2, 0.25) is 0 Å². The number of benzene rings is 1. The van der Waals surface area contributed by atoms with E-state index in [0.29, 0.717) is 12.0 Å². The lowest BCUT2D eigenvalue weighted by molar-refractivity contribution is -0.384. The van der Waals surface area contributed by atoms with Gasteiger partial charge in [0.05, 0.1) is 4.92 Å². The van der Waals surface area contributed by atoms with Crippen LogP contribution in [0.2, 0.25) is 0 Å². The van der Waals surface area contributed by atoms with E-state index in [9.17, 15) is 10.1 Å². The Labute approximate surface area is 119 Å². The van der Waals surface area contributed by atoms with Crippen molar-refractivity contribution < 1.29 is 4.92 Å². The van der Waals surface area contributed by atoms with Crippen LogP contribution in [-0.4, -0.2) is 9.49 Å². The summed E-state index contributed by atoms with van der Waals surface area (Å²) in [6.45, 7) is 8.72. The SMILES string of the molecule is CCC(CC)n1c(C(C)C)cc2cc([N+](=O)[O-])ccc21. The van der Waals surface area contributed by atoms with Gasteiger partial charge in [-0.1, -0.05) is 27.7 Å². The van der Waals surface area contributed by atoms with Crippen molar-refractivity contribution in [3.8, 4) is 0 Å². The zero-order valence-electron chi connectivity index (χ0n) is 12.6. The summed E-state index contributed by atoms with van der Waals surface area (Å²) in [4.78, 5) is 10.6. The number of nitro benzene ring substituents is 1. The normalized spacial score (nSPS) is 11.7. The number of nitro groups is 1. The quantitative estimate of drug-likeness (QED) is 0.567. The molecule has 2 aromatic rings. The fourth-order valence-corrected chi connectivity index (χ4v) is 2.86. The van der Waals surface area contributed by atoms with Crippen LogP contribution in [0.5, 0.6) is 0 Å². The number of non-ortho nitro benzene ring substituents is 1. The van der Waals surface area contributed by atoms with Crippen molar-refractivity contribution in [2.75, 3.05) is 0 Å². The molecule has 0 unspecified atom stereocenters. The molecule has 0 saturated carbocycles. The highest BCUT2D eigenvalue weighted by Gasteiger charge is 2.18. The maximum atomic E-state index is 10.9. The first-order chi connectivity index (χ1) is 9.49. The van der Waals surface area contributed by atoms with E-state index < -0.39 is 0 Å². The van der Waals surface area contributed by atoms with Crippen LogP contribution < -0.4 is 0 Å². The molecule has 0 aliphatic rings. The molecule has 2 rings (SSSR count). The first-order valence-corrected chi connectivity index (χ1v) is 7.28. The molecule has 0 amide bonds. The van der Waals surface area contributed by atoms with Crippen LogP contribution in [-0.2, 0) is 0 Å². The molecule has 108 valence electrons. The van der Waals surface area contributed by atoms with Crippen molar-refractivity contribution >= 4 is 16.6 Å². The van der Waals surface area contributed by atoms with Gasteiger partial charge in [0.15, 0.2) is 0 Å². The maximum Gasteiger partial charge on any atom is 0.270 e. The third kappa shape index (κ3) is 2.42. The van der Waals surface area contributed by atoms with Gasteiger partial charge in [0.1, 0.15) is 0 Å². The predicted octanol–water partition coefficient (Wildman–Crippen LogP) is 5.03. The van der Waals surface area contributed by atoms with E-state index in [4.69, 9.17) is 0 Å². The van der Waals surface area contributed by atoms with E-state index >= 15 is 0 Å². The summed E-state index contributed by atoms with van der Waals surface area (Å²) >= 11 is 0. The summed E-state index contributed by atoms with van der Waals surface area (Å²) in [7, 11) is 0. The van der Waals surface area contributed by atoms with E-state index in [1.807, 2.05) is 6.07 Å². The minimum absolute atomic E-state index is 0.162. The summed E-state index contributed by atoms with van der Waals surface area (Å²) in [5, 5.41) is 11.9. The predicted molar refractivity (Wildman–Crippen MR) is 82.3 cm³/mol. The fraction of sp³-hybridized carbons (Fsp3) is 0.500. The average molecular weight is 274 g/mol. The van der Waals surface area contributed by atoms with E-state index in [-0.39, 0.29) is 10.6 Å². The van der Waals surface area contributed by atoms with Crippen LogP contribution in [0, 0.1) is 10.1 Å². The molecule has 1 aromatic heterocycles. The summed E-state index contributed by atoms with van der Waals surface area (Å²) in [6, 6.07) is 7.72. The van der Waals surface area contributed by atoms with Gasteiger partial charge in [-0.3, -0.25) is 10.1 Å². The summed E-state index contributed by atoms with van der Waals surface area (Å²) in [5.41, 5.74) is 2.52. The number of hydrogen-bond acceptors (Lipinski definition) is 2. The molecule has 0 saturated heterocycles. The zero-order chi connectivity index (χ0) is 14.9. The van der Waals surface area contributed by atoms with Gasteiger partial charge in [-0.15, -0.1) is 0 Å². The van der Waals surface area contributed by atoms with E-state index in [1.54, 1.807) is 12.1 Å². The summed E-state index contributed by atoms with van der Waals surface area (Å²) < 4.78 is 2.36. The highest BCUT2D eigenvalue weighted by atomic mass is 16.6. The number of rotatable bonds is 5. The molecule has 0 aliphatic heterocycles. The Bertz CT molecular complexity index is 625. The van der Waals surface area contributed by atoms with Crippen molar-refractivity contribution in [3.05, 3.63) is 40.1 Å². The molecule has 0 bridgehead atoms. The third-order valence-electron chi connectivity index (χ3n) is 3.96. The van der Waals surface area contributed by atoms with E-state index in [1.165, 1.54) is 5.69 Å². The molecule has 1 aromatic carbocycles. The van der Waals surface area contributed by atoms with Gasteiger partial charge in [0.25, 0.3) is 5.69 Å². The Morgan fingerprint density at radius 3 is 2.35 bits per heavy atom. The molecular weight excluding hydrogens is 252 g/mol. The Morgan fingerprint density at radius 2 is 1.85 bits per heavy atom. The first-order valence-electron chi connectivity index (χ1n) is 7.28. The molecule has 1 heterocycles. The molecular formula is C16H22N2O2. The smallest absolute Gasteiger partial charge is 0.270 e. The number of nitrogens with zero attached hydrogens (tertiary/aromatic N) is 2. The van der Waals surface area contributed by atoms with Crippen LogP contribution >= 0.6 is 0 Å². The summed E-state index contributed by atoms with van der Waals surface area (Å²) in [5.74, 6) is 0.405. The zero-order valence-corrected chi connectivity index (χ0v) is 12.6. The second kappa shape index (κ2) is 5.65. The lowest BCUT2D eigenvalue weighted by Gasteiger charge is -2.21. The molecule has 4 nitrogen and oxygen atoms in total. The molecule has 4 heteroatoms. The van der Waals surface area contributed by atoms with E-state index in [2.05, 4.69) is 38.3 Å². The maximum absolute atomic E-state index is 10.9.